The van der Waals surface area contributed by atoms with Crippen molar-refractivity contribution in [3.8, 4) is 5.75 Å². The summed E-state index contributed by atoms with van der Waals surface area (Å²) in [5.74, 6) is 0.831. The van der Waals surface area contributed by atoms with Crippen LogP contribution < -0.4 is 10.1 Å². The van der Waals surface area contributed by atoms with Crippen molar-refractivity contribution in [3.05, 3.63) is 65.2 Å². The number of ether oxygens (including phenoxy) is 2. The molecule has 5 heteroatoms. The number of rotatable bonds is 6. The fourth-order valence-corrected chi connectivity index (χ4v) is 2.20. The molecule has 0 unspecified atom stereocenters. The highest BCUT2D eigenvalue weighted by atomic mass is 16.6. The van der Waals surface area contributed by atoms with E-state index in [0.29, 0.717) is 13.1 Å². The summed E-state index contributed by atoms with van der Waals surface area (Å²) in [6, 6.07) is 15.7. The van der Waals surface area contributed by atoms with E-state index in [1.165, 1.54) is 0 Å². The van der Waals surface area contributed by atoms with Crippen LogP contribution in [-0.2, 0) is 17.8 Å². The average molecular weight is 354 g/mol. The molecular weight excluding hydrogens is 328 g/mol. The van der Waals surface area contributed by atoms with E-state index in [1.807, 2.05) is 75.5 Å². The van der Waals surface area contributed by atoms with Gasteiger partial charge in [-0.15, -0.1) is 0 Å². The first-order valence-electron chi connectivity index (χ1n) is 8.54. The number of nitrogens with zero attached hydrogens (tertiary/aromatic N) is 1. The standard InChI is InChI=1S/C21H26N2O3/c1-21(2,3)26-20(24)23-15-18-7-5-16(6-8-18)13-22-14-17-9-11-19(25-4)12-10-17/h5-12,14H,13,15H2,1-4H3,(H,23,24). The number of hydrogen-bond acceptors (Lipinski definition) is 4. The summed E-state index contributed by atoms with van der Waals surface area (Å²) in [5.41, 5.74) is 2.66. The summed E-state index contributed by atoms with van der Waals surface area (Å²) in [6.45, 7) is 6.56. The van der Waals surface area contributed by atoms with Crippen LogP contribution in [0.15, 0.2) is 53.5 Å². The van der Waals surface area contributed by atoms with Gasteiger partial charge in [-0.25, -0.2) is 4.79 Å². The predicted octanol–water partition coefficient (Wildman–Crippen LogP) is 4.34. The first-order valence-corrected chi connectivity index (χ1v) is 8.54. The minimum atomic E-state index is -0.490. The van der Waals surface area contributed by atoms with E-state index in [9.17, 15) is 4.79 Å². The largest absolute Gasteiger partial charge is 0.497 e. The molecule has 138 valence electrons. The first-order chi connectivity index (χ1) is 12.4. The van der Waals surface area contributed by atoms with E-state index in [2.05, 4.69) is 10.3 Å². The normalized spacial score (nSPS) is 11.4. The van der Waals surface area contributed by atoms with E-state index in [0.717, 1.165) is 22.4 Å². The van der Waals surface area contributed by atoms with Crippen LogP contribution in [0.2, 0.25) is 0 Å². The summed E-state index contributed by atoms with van der Waals surface area (Å²) in [4.78, 5) is 16.1. The van der Waals surface area contributed by atoms with Crippen LogP contribution in [-0.4, -0.2) is 25.0 Å². The molecular formula is C21H26N2O3. The maximum absolute atomic E-state index is 11.7. The monoisotopic (exact) mass is 354 g/mol. The van der Waals surface area contributed by atoms with Gasteiger partial charge >= 0.3 is 6.09 Å². The number of hydrogen-bond donors (Lipinski definition) is 1. The number of methoxy groups -OCH3 is 1. The molecule has 0 atom stereocenters. The minimum absolute atomic E-state index is 0.411. The Kier molecular flexibility index (Phi) is 6.78. The van der Waals surface area contributed by atoms with Crippen molar-refractivity contribution in [2.75, 3.05) is 7.11 Å². The number of nitrogens with one attached hydrogen (secondary N) is 1. The van der Waals surface area contributed by atoms with Crippen molar-refractivity contribution in [2.45, 2.75) is 39.5 Å². The molecule has 1 N–H and O–H groups in total. The third kappa shape index (κ3) is 6.97. The molecule has 0 spiro atoms. The first kappa shape index (κ1) is 19.5. The van der Waals surface area contributed by atoms with Crippen LogP contribution in [0, 0.1) is 0 Å². The fourth-order valence-electron chi connectivity index (χ4n) is 2.20. The number of alkyl carbamates (subject to hydrolysis) is 1. The van der Waals surface area contributed by atoms with E-state index in [1.54, 1.807) is 7.11 Å². The SMILES string of the molecule is COc1ccc(C=NCc2ccc(CNC(=O)OC(C)(C)C)cc2)cc1. The second-order valence-corrected chi connectivity index (χ2v) is 6.91. The molecule has 0 saturated carbocycles. The lowest BCUT2D eigenvalue weighted by atomic mass is 10.1. The van der Waals surface area contributed by atoms with Crippen LogP contribution >= 0.6 is 0 Å². The maximum Gasteiger partial charge on any atom is 0.407 e. The van der Waals surface area contributed by atoms with Gasteiger partial charge in [0.25, 0.3) is 0 Å². The second kappa shape index (κ2) is 9.04. The van der Waals surface area contributed by atoms with Crippen LogP contribution in [0.4, 0.5) is 4.79 Å². The number of benzene rings is 2. The molecule has 0 heterocycles. The van der Waals surface area contributed by atoms with Crippen molar-refractivity contribution in [1.82, 2.24) is 5.32 Å². The molecule has 0 aromatic heterocycles. The molecule has 0 fully saturated rings. The quantitative estimate of drug-likeness (QED) is 0.785. The molecule has 2 rings (SSSR count). The fraction of sp³-hybridized carbons (Fsp3) is 0.333. The summed E-state index contributed by atoms with van der Waals surface area (Å²) in [7, 11) is 1.65. The van der Waals surface area contributed by atoms with Gasteiger partial charge in [-0.1, -0.05) is 24.3 Å². The van der Waals surface area contributed by atoms with E-state index >= 15 is 0 Å². The lowest BCUT2D eigenvalue weighted by Gasteiger charge is -2.19. The molecule has 0 aliphatic carbocycles. The molecule has 2 aromatic carbocycles. The van der Waals surface area contributed by atoms with Crippen LogP contribution in [0.1, 0.15) is 37.5 Å². The van der Waals surface area contributed by atoms with Gasteiger partial charge in [0.1, 0.15) is 11.4 Å². The molecule has 2 aromatic rings. The Hall–Kier alpha value is -2.82. The van der Waals surface area contributed by atoms with Gasteiger partial charge in [-0.3, -0.25) is 4.99 Å². The van der Waals surface area contributed by atoms with Gasteiger partial charge in [-0.2, -0.15) is 0 Å². The topological polar surface area (TPSA) is 59.9 Å². The zero-order valence-electron chi connectivity index (χ0n) is 15.8. The Labute approximate surface area is 155 Å². The van der Waals surface area contributed by atoms with Crippen molar-refractivity contribution >= 4 is 12.3 Å². The van der Waals surface area contributed by atoms with Gasteiger partial charge in [0.2, 0.25) is 0 Å². The van der Waals surface area contributed by atoms with E-state index < -0.39 is 11.7 Å². The molecule has 0 saturated heterocycles. The Morgan fingerprint density at radius 3 is 2.23 bits per heavy atom. The third-order valence-corrected chi connectivity index (χ3v) is 3.49. The Morgan fingerprint density at radius 1 is 1.04 bits per heavy atom. The summed E-state index contributed by atoms with van der Waals surface area (Å²) in [5, 5.41) is 2.75. The van der Waals surface area contributed by atoms with Gasteiger partial charge in [0.05, 0.1) is 13.7 Å². The van der Waals surface area contributed by atoms with Crippen molar-refractivity contribution < 1.29 is 14.3 Å². The summed E-state index contributed by atoms with van der Waals surface area (Å²) >= 11 is 0. The Balaban J connectivity index is 1.81. The van der Waals surface area contributed by atoms with Crippen LogP contribution in [0.5, 0.6) is 5.75 Å². The van der Waals surface area contributed by atoms with Crippen molar-refractivity contribution in [1.29, 1.82) is 0 Å². The lowest BCUT2D eigenvalue weighted by Crippen LogP contribution is -2.32. The Morgan fingerprint density at radius 2 is 1.65 bits per heavy atom. The number of aliphatic imine (C=N–C) groups is 1. The van der Waals surface area contributed by atoms with Gasteiger partial charge < -0.3 is 14.8 Å². The average Bonchev–Trinajstić information content (AvgIpc) is 2.60. The van der Waals surface area contributed by atoms with Crippen molar-refractivity contribution in [3.63, 3.8) is 0 Å². The highest BCUT2D eigenvalue weighted by Gasteiger charge is 2.15. The zero-order chi connectivity index (χ0) is 19.0. The van der Waals surface area contributed by atoms with Gasteiger partial charge in [0.15, 0.2) is 0 Å². The molecule has 1 amide bonds. The summed E-state index contributed by atoms with van der Waals surface area (Å²) in [6.07, 6.45) is 1.43. The molecule has 0 aliphatic rings. The molecule has 26 heavy (non-hydrogen) atoms. The molecule has 0 aliphatic heterocycles. The summed E-state index contributed by atoms with van der Waals surface area (Å²) < 4.78 is 10.3. The van der Waals surface area contributed by atoms with Gasteiger partial charge in [0, 0.05) is 12.8 Å². The second-order valence-electron chi connectivity index (χ2n) is 6.91. The smallest absolute Gasteiger partial charge is 0.407 e. The number of carbonyl (C=O) groups excluding carboxylic acids is 1. The molecule has 0 radical (unpaired) electrons. The van der Waals surface area contributed by atoms with E-state index in [4.69, 9.17) is 9.47 Å². The molecule has 5 nitrogen and oxygen atoms in total. The Bertz CT molecular complexity index is 729. The predicted molar refractivity (Wildman–Crippen MR) is 104 cm³/mol. The lowest BCUT2D eigenvalue weighted by molar-refractivity contribution is 0.0523. The molecule has 0 bridgehead atoms. The number of amides is 1. The van der Waals surface area contributed by atoms with E-state index in [-0.39, 0.29) is 0 Å². The minimum Gasteiger partial charge on any atom is -0.497 e. The maximum atomic E-state index is 11.7. The van der Waals surface area contributed by atoms with Crippen molar-refractivity contribution in [2.24, 2.45) is 4.99 Å². The zero-order valence-corrected chi connectivity index (χ0v) is 15.8. The highest BCUT2D eigenvalue weighted by molar-refractivity contribution is 5.79. The van der Waals surface area contributed by atoms with Crippen LogP contribution in [0.25, 0.3) is 0 Å². The number of carbonyl (C=O) groups is 1. The van der Waals surface area contributed by atoms with Crippen LogP contribution in [0.3, 0.4) is 0 Å². The van der Waals surface area contributed by atoms with Gasteiger partial charge in [-0.05, 0) is 61.7 Å². The third-order valence-electron chi connectivity index (χ3n) is 3.49. The highest BCUT2D eigenvalue weighted by Crippen LogP contribution is 2.11.